The highest BCUT2D eigenvalue weighted by Crippen LogP contribution is 2.44. The van der Waals surface area contributed by atoms with Gasteiger partial charge in [-0.05, 0) is 52.4 Å². The summed E-state index contributed by atoms with van der Waals surface area (Å²) in [5.41, 5.74) is -0.486. The molecule has 1 aliphatic carbocycles. The van der Waals surface area contributed by atoms with Gasteiger partial charge < -0.3 is 14.7 Å². The van der Waals surface area contributed by atoms with E-state index in [1.807, 2.05) is 4.90 Å². The van der Waals surface area contributed by atoms with Gasteiger partial charge in [-0.3, -0.25) is 4.79 Å². The van der Waals surface area contributed by atoms with Gasteiger partial charge in [-0.15, -0.1) is 0 Å². The molecule has 182 valence electrons. The molecular weight excluding hydrogens is 444 g/mol. The maximum Gasteiger partial charge on any atom is 0.391 e. The second kappa shape index (κ2) is 8.32. The van der Waals surface area contributed by atoms with Crippen LogP contribution in [-0.4, -0.2) is 52.0 Å². The Morgan fingerprint density at radius 3 is 2.48 bits per heavy atom. The summed E-state index contributed by atoms with van der Waals surface area (Å²) in [5.74, 6) is -2.58. The smallest absolute Gasteiger partial charge is 0.391 e. The van der Waals surface area contributed by atoms with E-state index < -0.39 is 35.2 Å². The van der Waals surface area contributed by atoms with Gasteiger partial charge in [0.25, 0.3) is 0 Å². The van der Waals surface area contributed by atoms with E-state index in [4.69, 9.17) is 4.74 Å². The molecule has 0 unspecified atom stereocenters. The minimum atomic E-state index is -4.24. The summed E-state index contributed by atoms with van der Waals surface area (Å²) in [7, 11) is 1.46. The Balaban J connectivity index is 1.76. The van der Waals surface area contributed by atoms with E-state index in [0.29, 0.717) is 36.6 Å². The number of carboxylic acids is 1. The number of carbonyl (C=O) groups is 1. The molecule has 0 bridgehead atoms. The summed E-state index contributed by atoms with van der Waals surface area (Å²) in [5, 5.41) is 14.2. The average molecular weight is 472 g/mol. The van der Waals surface area contributed by atoms with Crippen LogP contribution in [0.2, 0.25) is 0 Å². The van der Waals surface area contributed by atoms with Crippen LogP contribution in [-0.2, 0) is 4.79 Å². The van der Waals surface area contributed by atoms with Crippen molar-refractivity contribution in [3.05, 3.63) is 17.2 Å². The number of piperidine rings is 1. The molecule has 3 heterocycles. The molecule has 4 rings (SSSR count). The molecule has 2 aromatic heterocycles. The van der Waals surface area contributed by atoms with Gasteiger partial charge in [0.1, 0.15) is 5.69 Å². The number of ether oxygens (including phenoxy) is 1. The zero-order chi connectivity index (χ0) is 24.1. The molecular formula is C22H28F4N4O3. The van der Waals surface area contributed by atoms with E-state index in [1.54, 1.807) is 13.8 Å². The normalized spacial score (nSPS) is 26.6. The number of alkyl halides is 3. The van der Waals surface area contributed by atoms with Gasteiger partial charge in [-0.2, -0.15) is 22.8 Å². The molecule has 1 atom stereocenters. The van der Waals surface area contributed by atoms with E-state index in [0.717, 1.165) is 0 Å². The molecule has 7 nitrogen and oxygen atoms in total. The average Bonchev–Trinajstić information content (AvgIpc) is 3.08. The molecule has 1 aliphatic heterocycles. The number of halogens is 4. The lowest BCUT2D eigenvalue weighted by molar-refractivity contribution is -0.182. The third-order valence-electron chi connectivity index (χ3n) is 7.13. The second-order valence-corrected chi connectivity index (χ2v) is 9.47. The number of methoxy groups -OCH3 is 1. The highest BCUT2D eigenvalue weighted by atomic mass is 19.4. The van der Waals surface area contributed by atoms with Gasteiger partial charge in [-0.1, -0.05) is 0 Å². The molecule has 0 radical (unpaired) electrons. The molecule has 0 aromatic carbocycles. The SMILES string of the molecule is COc1c(C)nc2c(F)c([C@H]3CC[C@H](C(F)(F)F)CC3)nn2c1N1CCC[C@@](C)(C(=O)O)C1. The first kappa shape index (κ1) is 23.6. The topological polar surface area (TPSA) is 80.0 Å². The molecule has 1 saturated carbocycles. The Morgan fingerprint density at radius 1 is 1.24 bits per heavy atom. The fourth-order valence-corrected chi connectivity index (χ4v) is 5.18. The van der Waals surface area contributed by atoms with Gasteiger partial charge >= 0.3 is 12.1 Å². The Morgan fingerprint density at radius 2 is 1.91 bits per heavy atom. The van der Waals surface area contributed by atoms with E-state index in [2.05, 4.69) is 10.1 Å². The molecule has 0 amide bonds. The van der Waals surface area contributed by atoms with E-state index in [1.165, 1.54) is 11.6 Å². The highest BCUT2D eigenvalue weighted by molar-refractivity contribution is 5.76. The Kier molecular flexibility index (Phi) is 5.94. The number of hydrogen-bond acceptors (Lipinski definition) is 5. The second-order valence-electron chi connectivity index (χ2n) is 9.47. The molecule has 33 heavy (non-hydrogen) atoms. The summed E-state index contributed by atoms with van der Waals surface area (Å²) in [6, 6.07) is 0. The standard InChI is InChI=1S/C22H28F4N4O3/c1-12-17(33-3)19(29-10-4-9-21(2,11-29)20(31)32)30-18(27-12)15(23)16(28-30)13-5-7-14(8-6-13)22(24,25)26/h13-14H,4-11H2,1-3H3,(H,31,32)/t13-,14-,21-/m1/s1. The maximum atomic E-state index is 15.5. The van der Waals surface area contributed by atoms with Crippen LogP contribution < -0.4 is 9.64 Å². The van der Waals surface area contributed by atoms with Crippen LogP contribution in [0.3, 0.4) is 0 Å². The van der Waals surface area contributed by atoms with Crippen LogP contribution in [0.25, 0.3) is 5.65 Å². The minimum absolute atomic E-state index is 0.0288. The fraction of sp³-hybridized carbons (Fsp3) is 0.682. The zero-order valence-corrected chi connectivity index (χ0v) is 18.9. The number of carboxylic acid groups (broad SMARTS) is 1. The van der Waals surface area contributed by atoms with Crippen molar-refractivity contribution < 1.29 is 32.2 Å². The number of aromatic nitrogens is 3. The summed E-state index contributed by atoms with van der Waals surface area (Å²) in [4.78, 5) is 18.0. The summed E-state index contributed by atoms with van der Waals surface area (Å²) < 4.78 is 61.5. The predicted molar refractivity (Wildman–Crippen MR) is 112 cm³/mol. The van der Waals surface area contributed by atoms with Crippen molar-refractivity contribution in [1.29, 1.82) is 0 Å². The quantitative estimate of drug-likeness (QED) is 0.649. The van der Waals surface area contributed by atoms with Crippen LogP contribution in [0.5, 0.6) is 5.75 Å². The van der Waals surface area contributed by atoms with Crippen molar-refractivity contribution in [2.45, 2.75) is 64.5 Å². The van der Waals surface area contributed by atoms with Crippen LogP contribution in [0.15, 0.2) is 0 Å². The number of anilines is 1. The zero-order valence-electron chi connectivity index (χ0n) is 18.9. The molecule has 0 spiro atoms. The van der Waals surface area contributed by atoms with E-state index in [-0.39, 0.29) is 43.6 Å². The Hall–Kier alpha value is -2.59. The van der Waals surface area contributed by atoms with Crippen molar-refractivity contribution in [2.24, 2.45) is 11.3 Å². The molecule has 2 aromatic rings. The van der Waals surface area contributed by atoms with Crippen molar-refractivity contribution in [1.82, 2.24) is 14.6 Å². The molecule has 1 saturated heterocycles. The van der Waals surface area contributed by atoms with Crippen molar-refractivity contribution in [3.63, 3.8) is 0 Å². The summed E-state index contributed by atoms with van der Waals surface area (Å²) in [6.45, 7) is 4.06. The van der Waals surface area contributed by atoms with Crippen LogP contribution in [0.1, 0.15) is 62.8 Å². The van der Waals surface area contributed by atoms with Crippen LogP contribution in [0.4, 0.5) is 23.4 Å². The number of rotatable bonds is 4. The lowest BCUT2D eigenvalue weighted by atomic mass is 9.80. The first-order chi connectivity index (χ1) is 15.5. The van der Waals surface area contributed by atoms with E-state index >= 15 is 4.39 Å². The molecule has 1 N–H and O–H groups in total. The third-order valence-corrected chi connectivity index (χ3v) is 7.13. The first-order valence-corrected chi connectivity index (χ1v) is 11.1. The minimum Gasteiger partial charge on any atom is -0.491 e. The van der Waals surface area contributed by atoms with Crippen LogP contribution >= 0.6 is 0 Å². The van der Waals surface area contributed by atoms with Crippen LogP contribution in [0, 0.1) is 24.1 Å². The lowest BCUT2D eigenvalue weighted by Gasteiger charge is -2.39. The van der Waals surface area contributed by atoms with Gasteiger partial charge in [0.05, 0.1) is 24.1 Å². The Bertz CT molecular complexity index is 1060. The number of aryl methyl sites for hydroxylation is 1. The monoisotopic (exact) mass is 472 g/mol. The summed E-state index contributed by atoms with van der Waals surface area (Å²) >= 11 is 0. The van der Waals surface area contributed by atoms with Crippen molar-refractivity contribution >= 4 is 17.4 Å². The molecule has 2 aliphatic rings. The van der Waals surface area contributed by atoms with E-state index in [9.17, 15) is 23.1 Å². The first-order valence-electron chi connectivity index (χ1n) is 11.1. The fourth-order valence-electron chi connectivity index (χ4n) is 5.18. The summed E-state index contributed by atoms with van der Waals surface area (Å²) in [6.07, 6.45) is -2.86. The van der Waals surface area contributed by atoms with Gasteiger partial charge in [0.15, 0.2) is 23.0 Å². The van der Waals surface area contributed by atoms with Crippen molar-refractivity contribution in [3.8, 4) is 5.75 Å². The Labute approximate surface area is 188 Å². The molecule has 11 heteroatoms. The number of fused-ring (bicyclic) bond motifs is 1. The lowest BCUT2D eigenvalue weighted by Crippen LogP contribution is -2.47. The van der Waals surface area contributed by atoms with Crippen molar-refractivity contribution in [2.75, 3.05) is 25.1 Å². The van der Waals surface area contributed by atoms with Gasteiger partial charge in [0, 0.05) is 19.0 Å². The largest absolute Gasteiger partial charge is 0.491 e. The number of aliphatic carboxylic acids is 1. The number of hydrogen-bond donors (Lipinski definition) is 1. The third kappa shape index (κ3) is 4.10. The predicted octanol–water partition coefficient (Wildman–Crippen LogP) is 4.71. The highest BCUT2D eigenvalue weighted by Gasteiger charge is 2.43. The molecule has 2 fully saturated rings. The maximum absolute atomic E-state index is 15.5. The van der Waals surface area contributed by atoms with Gasteiger partial charge in [0.2, 0.25) is 0 Å². The van der Waals surface area contributed by atoms with Gasteiger partial charge in [-0.25, -0.2) is 9.37 Å². The number of nitrogens with zero attached hydrogens (tertiary/aromatic N) is 4.